The van der Waals surface area contributed by atoms with Crippen LogP contribution in [0, 0.1) is 0 Å². The van der Waals surface area contributed by atoms with E-state index in [-0.39, 0.29) is 0 Å². The number of benzene rings is 1. The molecule has 2 N–H and O–H groups in total. The minimum atomic E-state index is 0.873. The van der Waals surface area contributed by atoms with Crippen LogP contribution in [0.25, 0.3) is 0 Å². The Labute approximate surface area is 92.1 Å². The van der Waals surface area contributed by atoms with E-state index in [2.05, 4.69) is 24.1 Å². The minimum Gasteiger partial charge on any atom is -0.399 e. The maximum atomic E-state index is 5.90. The molecule has 2 nitrogen and oxygen atoms in total. The van der Waals surface area contributed by atoms with Crippen molar-refractivity contribution >= 4 is 5.69 Å². The van der Waals surface area contributed by atoms with Gasteiger partial charge in [0.15, 0.2) is 0 Å². The molecule has 0 amide bonds. The largest absolute Gasteiger partial charge is 0.399 e. The van der Waals surface area contributed by atoms with Gasteiger partial charge in [-0.15, -0.1) is 0 Å². The van der Waals surface area contributed by atoms with Gasteiger partial charge in [-0.25, -0.2) is 0 Å². The van der Waals surface area contributed by atoms with E-state index in [0.717, 1.165) is 18.2 Å². The Morgan fingerprint density at radius 3 is 2.73 bits per heavy atom. The first kappa shape index (κ1) is 10.5. The molecule has 0 spiro atoms. The fourth-order valence-corrected chi connectivity index (χ4v) is 1.98. The number of hydrogen-bond acceptors (Lipinski definition) is 2. The summed E-state index contributed by atoms with van der Waals surface area (Å²) in [7, 11) is 2.23. The van der Waals surface area contributed by atoms with E-state index in [9.17, 15) is 0 Å². The third kappa shape index (κ3) is 2.96. The fraction of sp³-hybridized carbons (Fsp3) is 0.538. The van der Waals surface area contributed by atoms with Crippen LogP contribution in [0.15, 0.2) is 24.3 Å². The van der Waals surface area contributed by atoms with E-state index >= 15 is 0 Å². The van der Waals surface area contributed by atoms with Crippen LogP contribution in [0.5, 0.6) is 0 Å². The van der Waals surface area contributed by atoms with Gasteiger partial charge in [0, 0.05) is 11.7 Å². The molecular formula is C13H20N2. The van der Waals surface area contributed by atoms with E-state index in [0.29, 0.717) is 0 Å². The van der Waals surface area contributed by atoms with Crippen LogP contribution < -0.4 is 5.73 Å². The summed E-state index contributed by atoms with van der Waals surface area (Å²) >= 11 is 0. The predicted octanol–water partition coefficient (Wildman–Crippen LogP) is 2.30. The lowest BCUT2D eigenvalue weighted by atomic mass is 10.1. The van der Waals surface area contributed by atoms with Crippen LogP contribution in [-0.2, 0) is 6.42 Å². The molecule has 1 aromatic rings. The molecule has 0 radical (unpaired) electrons. The lowest BCUT2D eigenvalue weighted by Crippen LogP contribution is -2.22. The van der Waals surface area contributed by atoms with Crippen LogP contribution in [0.4, 0.5) is 5.69 Å². The molecule has 15 heavy (non-hydrogen) atoms. The van der Waals surface area contributed by atoms with Crippen LogP contribution in [0.1, 0.15) is 24.8 Å². The number of anilines is 1. The molecule has 1 saturated carbocycles. The molecular weight excluding hydrogens is 184 g/mol. The first-order chi connectivity index (χ1) is 7.27. The normalized spacial score (nSPS) is 15.9. The number of nitrogen functional groups attached to an aromatic ring is 1. The Hall–Kier alpha value is -1.02. The monoisotopic (exact) mass is 204 g/mol. The molecule has 1 aliphatic rings. The summed E-state index contributed by atoms with van der Waals surface area (Å²) in [6.07, 6.45) is 5.10. The smallest absolute Gasteiger partial charge is 0.0346 e. The summed E-state index contributed by atoms with van der Waals surface area (Å²) in [5, 5.41) is 0. The van der Waals surface area contributed by atoms with E-state index in [1.54, 1.807) is 0 Å². The third-order valence-corrected chi connectivity index (χ3v) is 3.18. The van der Waals surface area contributed by atoms with Crippen molar-refractivity contribution in [3.05, 3.63) is 29.8 Å². The van der Waals surface area contributed by atoms with Gasteiger partial charge in [-0.05, 0) is 50.9 Å². The maximum absolute atomic E-state index is 5.90. The van der Waals surface area contributed by atoms with Crippen molar-refractivity contribution in [1.82, 2.24) is 4.90 Å². The van der Waals surface area contributed by atoms with Crippen LogP contribution >= 0.6 is 0 Å². The molecule has 0 atom stereocenters. The van der Waals surface area contributed by atoms with E-state index in [1.807, 2.05) is 12.1 Å². The number of rotatable bonds is 5. The average molecular weight is 204 g/mol. The highest BCUT2D eigenvalue weighted by atomic mass is 15.1. The lowest BCUT2D eigenvalue weighted by molar-refractivity contribution is 0.320. The zero-order valence-electron chi connectivity index (χ0n) is 9.45. The van der Waals surface area contributed by atoms with Crippen molar-refractivity contribution in [2.24, 2.45) is 0 Å². The van der Waals surface area contributed by atoms with Crippen molar-refractivity contribution < 1.29 is 0 Å². The Kier molecular flexibility index (Phi) is 3.27. The van der Waals surface area contributed by atoms with Crippen LogP contribution in [-0.4, -0.2) is 24.5 Å². The second kappa shape index (κ2) is 4.67. The maximum Gasteiger partial charge on any atom is 0.0346 e. The van der Waals surface area contributed by atoms with E-state index in [4.69, 9.17) is 5.73 Å². The molecule has 0 aromatic heterocycles. The van der Waals surface area contributed by atoms with E-state index in [1.165, 1.54) is 31.4 Å². The lowest BCUT2D eigenvalue weighted by Gasteiger charge is -2.15. The quantitative estimate of drug-likeness (QED) is 0.746. The second-order valence-corrected chi connectivity index (χ2v) is 4.51. The van der Waals surface area contributed by atoms with Gasteiger partial charge in [0.2, 0.25) is 0 Å². The van der Waals surface area contributed by atoms with Gasteiger partial charge in [-0.2, -0.15) is 0 Å². The Morgan fingerprint density at radius 1 is 1.33 bits per heavy atom. The molecule has 0 bridgehead atoms. The highest BCUT2D eigenvalue weighted by Crippen LogP contribution is 2.25. The van der Waals surface area contributed by atoms with Crippen LogP contribution in [0.2, 0.25) is 0 Å². The zero-order valence-corrected chi connectivity index (χ0v) is 9.45. The summed E-state index contributed by atoms with van der Waals surface area (Å²) in [5.74, 6) is 0. The van der Waals surface area contributed by atoms with Gasteiger partial charge < -0.3 is 10.6 Å². The molecule has 1 fully saturated rings. The average Bonchev–Trinajstić information content (AvgIpc) is 3.04. The van der Waals surface area contributed by atoms with Crippen molar-refractivity contribution in [3.8, 4) is 0 Å². The zero-order chi connectivity index (χ0) is 10.7. The Balaban J connectivity index is 1.75. The predicted molar refractivity (Wildman–Crippen MR) is 64.8 cm³/mol. The van der Waals surface area contributed by atoms with Gasteiger partial charge in [0.25, 0.3) is 0 Å². The molecule has 0 saturated heterocycles. The summed E-state index contributed by atoms with van der Waals surface area (Å²) < 4.78 is 0. The van der Waals surface area contributed by atoms with Gasteiger partial charge in [0.05, 0.1) is 0 Å². The number of nitrogens with zero attached hydrogens (tertiary/aromatic N) is 1. The Morgan fingerprint density at radius 2 is 2.07 bits per heavy atom. The molecule has 82 valence electrons. The van der Waals surface area contributed by atoms with Gasteiger partial charge in [0.1, 0.15) is 0 Å². The highest BCUT2D eigenvalue weighted by molar-refractivity contribution is 5.46. The SMILES string of the molecule is CN(CCCc1ccccc1N)C1CC1. The topological polar surface area (TPSA) is 29.3 Å². The van der Waals surface area contributed by atoms with Gasteiger partial charge in [-0.3, -0.25) is 0 Å². The number of aryl methyl sites for hydroxylation is 1. The fourth-order valence-electron chi connectivity index (χ4n) is 1.98. The number of para-hydroxylation sites is 1. The minimum absolute atomic E-state index is 0.873. The van der Waals surface area contributed by atoms with Gasteiger partial charge in [-0.1, -0.05) is 18.2 Å². The summed E-state index contributed by atoms with van der Waals surface area (Å²) in [4.78, 5) is 2.47. The standard InChI is InChI=1S/C13H20N2/c1-15(12-8-9-12)10-4-6-11-5-2-3-7-13(11)14/h2-3,5,7,12H,4,6,8-10,14H2,1H3. The summed E-state index contributed by atoms with van der Waals surface area (Å²) in [6.45, 7) is 1.19. The molecule has 2 rings (SSSR count). The molecule has 2 heteroatoms. The second-order valence-electron chi connectivity index (χ2n) is 4.51. The van der Waals surface area contributed by atoms with E-state index < -0.39 is 0 Å². The first-order valence-corrected chi connectivity index (χ1v) is 5.81. The summed E-state index contributed by atoms with van der Waals surface area (Å²) in [5.41, 5.74) is 8.13. The molecule has 1 aromatic carbocycles. The molecule has 0 aliphatic heterocycles. The summed E-state index contributed by atoms with van der Waals surface area (Å²) in [6, 6.07) is 9.05. The van der Waals surface area contributed by atoms with Crippen molar-refractivity contribution in [3.63, 3.8) is 0 Å². The number of hydrogen-bond donors (Lipinski definition) is 1. The molecule has 0 unspecified atom stereocenters. The van der Waals surface area contributed by atoms with Crippen molar-refractivity contribution in [1.29, 1.82) is 0 Å². The highest BCUT2D eigenvalue weighted by Gasteiger charge is 2.25. The number of nitrogens with two attached hydrogens (primary N) is 1. The van der Waals surface area contributed by atoms with Crippen molar-refractivity contribution in [2.75, 3.05) is 19.3 Å². The van der Waals surface area contributed by atoms with Gasteiger partial charge >= 0.3 is 0 Å². The van der Waals surface area contributed by atoms with Crippen LogP contribution in [0.3, 0.4) is 0 Å². The molecule has 0 heterocycles. The Bertz CT molecular complexity index is 318. The third-order valence-electron chi connectivity index (χ3n) is 3.18. The first-order valence-electron chi connectivity index (χ1n) is 5.81. The molecule has 1 aliphatic carbocycles. The van der Waals surface area contributed by atoms with Crippen molar-refractivity contribution in [2.45, 2.75) is 31.7 Å².